The molecule has 2 aliphatic rings. The van der Waals surface area contributed by atoms with Crippen LogP contribution in [0.3, 0.4) is 0 Å². The molecule has 0 amide bonds. The number of fused-ring (bicyclic) bond motifs is 13. The molecule has 0 atom stereocenters. The van der Waals surface area contributed by atoms with Crippen LogP contribution in [0.5, 0.6) is 0 Å². The molecule has 0 unspecified atom stereocenters. The summed E-state index contributed by atoms with van der Waals surface area (Å²) >= 11 is 0. The van der Waals surface area contributed by atoms with Crippen LogP contribution in [0.1, 0.15) is 0 Å². The minimum atomic E-state index is 1.11. The Hall–Kier alpha value is -10.5. The highest BCUT2D eigenvalue weighted by atomic mass is 15.1. The van der Waals surface area contributed by atoms with Gasteiger partial charge in [0.2, 0.25) is 0 Å². The third-order valence-electron chi connectivity index (χ3n) is 17.1. The molecule has 15 aromatic rings. The van der Waals surface area contributed by atoms with Crippen LogP contribution >= 0.6 is 0 Å². The van der Waals surface area contributed by atoms with Gasteiger partial charge < -0.3 is 9.80 Å². The molecule has 0 heterocycles. The summed E-state index contributed by atoms with van der Waals surface area (Å²) in [5.41, 5.74) is 21.9. The van der Waals surface area contributed by atoms with Gasteiger partial charge in [0.15, 0.2) is 0 Å². The molecular weight excluding hydrogens is 965 g/mol. The van der Waals surface area contributed by atoms with Crippen molar-refractivity contribution in [1.29, 1.82) is 0 Å². The molecule has 0 aliphatic heterocycles. The van der Waals surface area contributed by atoms with Crippen LogP contribution in [-0.2, 0) is 0 Å². The second-order valence-corrected chi connectivity index (χ2v) is 21.5. The maximum absolute atomic E-state index is 2.52. The molecule has 15 aromatic carbocycles. The van der Waals surface area contributed by atoms with Crippen LogP contribution in [0.25, 0.3) is 131 Å². The lowest BCUT2D eigenvalue weighted by Crippen LogP contribution is -2.11. The number of nitrogens with zero attached hydrogens (tertiary/aromatic N) is 2. The summed E-state index contributed by atoms with van der Waals surface area (Å²) in [5, 5.41) is 15.1. The van der Waals surface area contributed by atoms with Gasteiger partial charge >= 0.3 is 0 Å². The third-order valence-corrected chi connectivity index (χ3v) is 17.1. The average Bonchev–Trinajstić information content (AvgIpc) is 4.22. The number of anilines is 6. The van der Waals surface area contributed by atoms with Crippen molar-refractivity contribution in [3.8, 4) is 66.8 Å². The van der Waals surface area contributed by atoms with Crippen molar-refractivity contribution < 1.29 is 0 Å². The van der Waals surface area contributed by atoms with Gasteiger partial charge in [-0.2, -0.15) is 0 Å². The zero-order valence-corrected chi connectivity index (χ0v) is 43.6. The van der Waals surface area contributed by atoms with Crippen molar-refractivity contribution in [3.63, 3.8) is 0 Å². The first-order chi connectivity index (χ1) is 39.7. The monoisotopic (exact) mass is 1010 g/mol. The molecule has 0 spiro atoms. The number of hydrogen-bond donors (Lipinski definition) is 0. The van der Waals surface area contributed by atoms with Crippen LogP contribution in [0.4, 0.5) is 34.1 Å². The van der Waals surface area contributed by atoms with Gasteiger partial charge in [0.25, 0.3) is 0 Å². The minimum Gasteiger partial charge on any atom is -0.310 e. The van der Waals surface area contributed by atoms with E-state index in [2.05, 4.69) is 301 Å². The van der Waals surface area contributed by atoms with Gasteiger partial charge in [0.05, 0.1) is 0 Å². The Labute approximate surface area is 463 Å². The van der Waals surface area contributed by atoms with Gasteiger partial charge in [0.1, 0.15) is 0 Å². The largest absolute Gasteiger partial charge is 0.310 e. The van der Waals surface area contributed by atoms with E-state index in [4.69, 9.17) is 0 Å². The van der Waals surface area contributed by atoms with Crippen LogP contribution in [0.2, 0.25) is 0 Å². The second-order valence-electron chi connectivity index (χ2n) is 21.5. The van der Waals surface area contributed by atoms with Gasteiger partial charge in [-0.1, -0.05) is 200 Å². The Kier molecular flexibility index (Phi) is 9.75. The summed E-state index contributed by atoms with van der Waals surface area (Å²) in [4.78, 5) is 4.81. The summed E-state index contributed by atoms with van der Waals surface area (Å²) < 4.78 is 0. The summed E-state index contributed by atoms with van der Waals surface area (Å²) in [7, 11) is 0. The lowest BCUT2D eigenvalue weighted by Gasteiger charge is -2.28. The molecule has 2 nitrogen and oxygen atoms in total. The first-order valence-corrected chi connectivity index (χ1v) is 27.7. The van der Waals surface area contributed by atoms with Gasteiger partial charge in [-0.05, 0) is 222 Å². The van der Waals surface area contributed by atoms with Crippen LogP contribution in [0.15, 0.2) is 291 Å². The maximum atomic E-state index is 2.52. The van der Waals surface area contributed by atoms with Crippen molar-refractivity contribution in [2.45, 2.75) is 0 Å². The minimum absolute atomic E-state index is 1.11. The average molecular weight is 1010 g/mol. The van der Waals surface area contributed by atoms with E-state index < -0.39 is 0 Å². The lowest BCUT2D eigenvalue weighted by molar-refractivity contribution is 1.28. The van der Waals surface area contributed by atoms with Crippen LogP contribution in [0, 0.1) is 0 Å². The van der Waals surface area contributed by atoms with Gasteiger partial charge in [-0.25, -0.2) is 0 Å². The molecular formula is C78H48N2. The Balaban J connectivity index is 0.971. The lowest BCUT2D eigenvalue weighted by atomic mass is 9.80. The topological polar surface area (TPSA) is 6.48 Å². The SMILES string of the molecule is c1ccc(-c2c3c(c(-c4ccccc4)c4c2ccc2c5cc6c(cc5ccc24)-c2cc(N(c4ccccc4)c4ccccc4)cc4cc(N(c5ccccc5)c5ccccc5)cc-6c24)-c2cccc4c2c-3cc2ccccc24)cc1. The fraction of sp³-hybridized carbons (Fsp3) is 0. The molecule has 0 bridgehead atoms. The van der Waals surface area contributed by atoms with Crippen LogP contribution in [-0.4, -0.2) is 0 Å². The van der Waals surface area contributed by atoms with E-state index in [-0.39, 0.29) is 0 Å². The van der Waals surface area contributed by atoms with Crippen molar-refractivity contribution in [3.05, 3.63) is 291 Å². The normalized spacial score (nSPS) is 12.0. The van der Waals surface area contributed by atoms with E-state index in [1.165, 1.54) is 131 Å². The molecule has 17 rings (SSSR count). The fourth-order valence-corrected chi connectivity index (χ4v) is 13.9. The van der Waals surface area contributed by atoms with E-state index in [1.807, 2.05) is 0 Å². The molecule has 0 radical (unpaired) electrons. The highest BCUT2D eigenvalue weighted by molar-refractivity contribution is 6.35. The molecule has 2 aliphatic carbocycles. The third kappa shape index (κ3) is 6.60. The molecule has 0 saturated heterocycles. The summed E-state index contributed by atoms with van der Waals surface area (Å²) in [6.45, 7) is 0. The smallest absolute Gasteiger partial charge is 0.0474 e. The van der Waals surface area contributed by atoms with Crippen molar-refractivity contribution in [2.24, 2.45) is 0 Å². The van der Waals surface area contributed by atoms with E-state index in [0.29, 0.717) is 0 Å². The predicted octanol–water partition coefficient (Wildman–Crippen LogP) is 22.2. The van der Waals surface area contributed by atoms with E-state index in [1.54, 1.807) is 0 Å². The number of para-hydroxylation sites is 4. The van der Waals surface area contributed by atoms with Gasteiger partial charge in [0, 0.05) is 34.1 Å². The molecule has 80 heavy (non-hydrogen) atoms. The summed E-state index contributed by atoms with van der Waals surface area (Å²) in [6, 6.07) is 108. The van der Waals surface area contributed by atoms with Crippen molar-refractivity contribution >= 4 is 98.8 Å². The molecule has 370 valence electrons. The molecule has 0 saturated carbocycles. The standard InChI is InChI=1S/C78H48N2/c1-7-22-49(23-8-1)73-65-41-40-61-63(76(65)74(50-24-9-2-10-25-50)77-64-37-21-36-62-60-35-20-19-26-51(60)45-71(75(62)64)78(73)77)39-38-52-44-67-68(48-66(52)61)70-47-59(80(56-31-15-5-16-32-56)57-33-17-6-18-34-57)43-53-42-58(46-69(67)72(53)70)79(54-27-11-3-12-28-54)55-29-13-4-14-30-55/h1-48H. The van der Waals surface area contributed by atoms with E-state index in [9.17, 15) is 0 Å². The van der Waals surface area contributed by atoms with Gasteiger partial charge in [-0.3, -0.25) is 0 Å². The highest BCUT2D eigenvalue weighted by Crippen LogP contribution is 2.60. The summed E-state index contributed by atoms with van der Waals surface area (Å²) in [6.07, 6.45) is 0. The van der Waals surface area contributed by atoms with Crippen LogP contribution < -0.4 is 9.80 Å². The fourth-order valence-electron chi connectivity index (χ4n) is 13.9. The number of benzene rings is 15. The first-order valence-electron chi connectivity index (χ1n) is 27.7. The maximum Gasteiger partial charge on any atom is 0.0474 e. The quantitative estimate of drug-likeness (QED) is 0.140. The first kappa shape index (κ1) is 44.6. The molecule has 0 N–H and O–H groups in total. The number of hydrogen-bond acceptors (Lipinski definition) is 2. The Bertz CT molecular complexity index is 4930. The molecule has 0 fully saturated rings. The predicted molar refractivity (Wildman–Crippen MR) is 341 cm³/mol. The highest BCUT2D eigenvalue weighted by Gasteiger charge is 2.33. The zero-order valence-electron chi connectivity index (χ0n) is 43.6. The van der Waals surface area contributed by atoms with Crippen molar-refractivity contribution in [1.82, 2.24) is 0 Å². The Morgan fingerprint density at radius 2 is 0.613 bits per heavy atom. The second kappa shape index (κ2) is 17.5. The number of rotatable bonds is 8. The molecule has 0 aromatic heterocycles. The van der Waals surface area contributed by atoms with Gasteiger partial charge in [-0.15, -0.1) is 0 Å². The Morgan fingerprint density at radius 3 is 1.20 bits per heavy atom. The zero-order chi connectivity index (χ0) is 52.4. The Morgan fingerprint density at radius 1 is 0.175 bits per heavy atom. The van der Waals surface area contributed by atoms with E-state index >= 15 is 0 Å². The van der Waals surface area contributed by atoms with E-state index in [0.717, 1.165) is 34.1 Å². The summed E-state index contributed by atoms with van der Waals surface area (Å²) in [5.74, 6) is 0. The van der Waals surface area contributed by atoms with Crippen molar-refractivity contribution in [2.75, 3.05) is 9.80 Å². The molecule has 2 heteroatoms.